The Morgan fingerprint density at radius 1 is 1.12 bits per heavy atom. The highest BCUT2D eigenvalue weighted by atomic mass is 35.5. The zero-order valence-electron chi connectivity index (χ0n) is 13.3. The van der Waals surface area contributed by atoms with Crippen molar-refractivity contribution in [1.82, 2.24) is 9.29 Å². The summed E-state index contributed by atoms with van der Waals surface area (Å²) in [4.78, 5) is 4.36. The molecule has 7 heteroatoms. The average molecular weight is 366 g/mol. The van der Waals surface area contributed by atoms with Gasteiger partial charge in [0, 0.05) is 41.4 Å². The van der Waals surface area contributed by atoms with Crippen molar-refractivity contribution >= 4 is 38.2 Å². The van der Waals surface area contributed by atoms with E-state index < -0.39 is 10.0 Å². The lowest BCUT2D eigenvalue weighted by Crippen LogP contribution is -2.43. The lowest BCUT2D eigenvalue weighted by Gasteiger charge is -2.32. The lowest BCUT2D eigenvalue weighted by molar-refractivity contribution is 0.329. The predicted octanol–water partition coefficient (Wildman–Crippen LogP) is 3.26. The molecule has 4 rings (SSSR count). The Morgan fingerprint density at radius 2 is 1.88 bits per heavy atom. The number of fused-ring (bicyclic) bond motifs is 1. The Bertz CT molecular complexity index is 859. The number of aromatic nitrogens is 1. The van der Waals surface area contributed by atoms with Crippen molar-refractivity contribution in [1.29, 1.82) is 0 Å². The van der Waals surface area contributed by atoms with E-state index in [0.717, 1.165) is 42.3 Å². The fourth-order valence-corrected chi connectivity index (χ4v) is 5.34. The normalized spacial score (nSPS) is 20.4. The molecule has 2 heterocycles. The van der Waals surface area contributed by atoms with Gasteiger partial charge in [-0.05, 0) is 49.9 Å². The summed E-state index contributed by atoms with van der Waals surface area (Å²) in [5.41, 5.74) is 1.91. The van der Waals surface area contributed by atoms with Crippen LogP contribution in [0.15, 0.2) is 30.5 Å². The summed E-state index contributed by atoms with van der Waals surface area (Å²) in [6.45, 7) is 1.19. The molecule has 2 aromatic rings. The Hall–Kier alpha value is -1.37. The van der Waals surface area contributed by atoms with E-state index in [4.69, 9.17) is 11.6 Å². The van der Waals surface area contributed by atoms with Crippen LogP contribution in [0.1, 0.15) is 25.7 Å². The van der Waals surface area contributed by atoms with Gasteiger partial charge in [-0.1, -0.05) is 11.6 Å². The molecule has 1 aliphatic heterocycles. The fraction of sp³-hybridized carbons (Fsp3) is 0.471. The van der Waals surface area contributed by atoms with Crippen molar-refractivity contribution in [2.24, 2.45) is 0 Å². The highest BCUT2D eigenvalue weighted by Crippen LogP contribution is 2.33. The van der Waals surface area contributed by atoms with Gasteiger partial charge in [0.05, 0.1) is 10.8 Å². The number of nitrogens with one attached hydrogen (secondary N) is 1. The summed E-state index contributed by atoms with van der Waals surface area (Å²) < 4.78 is 26.3. The van der Waals surface area contributed by atoms with Gasteiger partial charge >= 0.3 is 0 Å². The molecular weight excluding hydrogens is 346 g/mol. The van der Waals surface area contributed by atoms with Crippen molar-refractivity contribution < 1.29 is 8.42 Å². The molecule has 0 unspecified atom stereocenters. The second-order valence-corrected chi connectivity index (χ2v) is 9.23. The van der Waals surface area contributed by atoms with Gasteiger partial charge in [0.2, 0.25) is 10.0 Å². The molecule has 0 radical (unpaired) electrons. The third-order valence-electron chi connectivity index (χ3n) is 4.82. The van der Waals surface area contributed by atoms with E-state index in [0.29, 0.717) is 18.1 Å². The van der Waals surface area contributed by atoms with E-state index in [-0.39, 0.29) is 11.3 Å². The van der Waals surface area contributed by atoms with E-state index >= 15 is 0 Å². The maximum absolute atomic E-state index is 12.3. The third-order valence-corrected chi connectivity index (χ3v) is 7.46. The first kappa shape index (κ1) is 16.1. The molecule has 1 aliphatic carbocycles. The fourth-order valence-electron chi connectivity index (χ4n) is 3.30. The molecule has 0 bridgehead atoms. The van der Waals surface area contributed by atoms with E-state index in [2.05, 4.69) is 10.3 Å². The van der Waals surface area contributed by atoms with Crippen LogP contribution >= 0.6 is 11.6 Å². The van der Waals surface area contributed by atoms with Crippen LogP contribution in [0.5, 0.6) is 0 Å². The third kappa shape index (κ3) is 3.10. The first-order chi connectivity index (χ1) is 11.5. The van der Waals surface area contributed by atoms with E-state index in [1.54, 1.807) is 10.5 Å². The molecule has 0 amide bonds. The van der Waals surface area contributed by atoms with Crippen LogP contribution in [-0.2, 0) is 10.0 Å². The zero-order valence-corrected chi connectivity index (χ0v) is 14.9. The van der Waals surface area contributed by atoms with Crippen LogP contribution in [0.4, 0.5) is 5.69 Å². The number of hydrogen-bond donors (Lipinski definition) is 1. The summed E-state index contributed by atoms with van der Waals surface area (Å²) in [5.74, 6) is 0. The van der Waals surface area contributed by atoms with Crippen molar-refractivity contribution in [3.8, 4) is 0 Å². The number of rotatable bonds is 4. The summed E-state index contributed by atoms with van der Waals surface area (Å²) in [7, 11) is -3.05. The lowest BCUT2D eigenvalue weighted by atomic mass is 10.1. The zero-order chi connectivity index (χ0) is 16.7. The molecular formula is C17H20ClN3O2S. The highest BCUT2D eigenvalue weighted by Gasteiger charge is 2.41. The van der Waals surface area contributed by atoms with Gasteiger partial charge in [0.15, 0.2) is 0 Å². The molecule has 1 saturated carbocycles. The largest absolute Gasteiger partial charge is 0.382 e. The molecule has 2 aliphatic rings. The topological polar surface area (TPSA) is 62.3 Å². The number of anilines is 1. The number of hydrogen-bond acceptors (Lipinski definition) is 4. The highest BCUT2D eigenvalue weighted by molar-refractivity contribution is 7.90. The predicted molar refractivity (Wildman–Crippen MR) is 96.9 cm³/mol. The van der Waals surface area contributed by atoms with Crippen molar-refractivity contribution in [3.63, 3.8) is 0 Å². The number of benzene rings is 1. The summed E-state index contributed by atoms with van der Waals surface area (Å²) in [6.07, 6.45) is 5.06. The van der Waals surface area contributed by atoms with Crippen LogP contribution in [0, 0.1) is 0 Å². The standard InChI is InChI=1S/C17H20ClN3O2S/c18-12-1-4-16-15(11-12)17(5-8-19-16)20-13-6-9-21(10-7-13)24(22,23)14-2-3-14/h1,4-5,8,11,13-14H,2-3,6-7,9-10H2,(H,19,20). The molecule has 0 spiro atoms. The average Bonchev–Trinajstić information content (AvgIpc) is 3.41. The van der Waals surface area contributed by atoms with Crippen LogP contribution in [-0.4, -0.2) is 42.1 Å². The molecule has 1 saturated heterocycles. The van der Waals surface area contributed by atoms with Crippen LogP contribution in [0.25, 0.3) is 10.9 Å². The summed E-state index contributed by atoms with van der Waals surface area (Å²) >= 11 is 6.11. The second-order valence-electron chi connectivity index (χ2n) is 6.58. The number of sulfonamides is 1. The van der Waals surface area contributed by atoms with Crippen LogP contribution in [0.3, 0.4) is 0 Å². The molecule has 128 valence electrons. The van der Waals surface area contributed by atoms with Gasteiger partial charge in [0.25, 0.3) is 0 Å². The first-order valence-corrected chi connectivity index (χ1v) is 10.2. The monoisotopic (exact) mass is 365 g/mol. The minimum Gasteiger partial charge on any atom is -0.382 e. The van der Waals surface area contributed by atoms with Crippen LogP contribution < -0.4 is 5.32 Å². The minimum absolute atomic E-state index is 0.117. The van der Waals surface area contributed by atoms with E-state index in [9.17, 15) is 8.42 Å². The molecule has 0 atom stereocenters. The van der Waals surface area contributed by atoms with Crippen molar-refractivity contribution in [3.05, 3.63) is 35.5 Å². The van der Waals surface area contributed by atoms with Gasteiger partial charge in [-0.3, -0.25) is 4.98 Å². The maximum Gasteiger partial charge on any atom is 0.216 e. The summed E-state index contributed by atoms with van der Waals surface area (Å²) in [5, 5.41) is 5.11. The van der Waals surface area contributed by atoms with E-state index in [1.165, 1.54) is 0 Å². The Morgan fingerprint density at radius 3 is 2.58 bits per heavy atom. The Kier molecular flexibility index (Phi) is 4.14. The van der Waals surface area contributed by atoms with Crippen molar-refractivity contribution in [2.75, 3.05) is 18.4 Å². The molecule has 5 nitrogen and oxygen atoms in total. The van der Waals surface area contributed by atoms with Gasteiger partial charge in [-0.15, -0.1) is 0 Å². The number of pyridine rings is 1. The van der Waals surface area contributed by atoms with Crippen molar-refractivity contribution in [2.45, 2.75) is 37.0 Å². The molecule has 24 heavy (non-hydrogen) atoms. The molecule has 1 aromatic carbocycles. The quantitative estimate of drug-likeness (QED) is 0.903. The van der Waals surface area contributed by atoms with Gasteiger partial charge in [-0.2, -0.15) is 0 Å². The number of piperidine rings is 1. The Balaban J connectivity index is 1.47. The Labute approximate surface area is 147 Å². The number of halogens is 1. The SMILES string of the molecule is O=S(=O)(C1CC1)N1CCC(Nc2ccnc3ccc(Cl)cc23)CC1. The summed E-state index contributed by atoms with van der Waals surface area (Å²) in [6, 6.07) is 7.88. The van der Waals surface area contributed by atoms with Gasteiger partial charge < -0.3 is 5.32 Å². The minimum atomic E-state index is -3.05. The first-order valence-electron chi connectivity index (χ1n) is 8.34. The van der Waals surface area contributed by atoms with Crippen LogP contribution in [0.2, 0.25) is 5.02 Å². The number of nitrogens with zero attached hydrogens (tertiary/aromatic N) is 2. The molecule has 2 fully saturated rings. The van der Waals surface area contributed by atoms with E-state index in [1.807, 2.05) is 24.3 Å². The smallest absolute Gasteiger partial charge is 0.216 e. The molecule has 1 N–H and O–H groups in total. The van der Waals surface area contributed by atoms with Gasteiger partial charge in [-0.25, -0.2) is 12.7 Å². The molecule has 1 aromatic heterocycles. The van der Waals surface area contributed by atoms with Gasteiger partial charge in [0.1, 0.15) is 0 Å². The second kappa shape index (κ2) is 6.17. The maximum atomic E-state index is 12.3.